The van der Waals surface area contributed by atoms with Crippen LogP contribution in [0.1, 0.15) is 24.3 Å². The van der Waals surface area contributed by atoms with E-state index in [0.717, 1.165) is 42.2 Å². The number of benzene rings is 2. The Morgan fingerprint density at radius 1 is 1.04 bits per heavy atom. The van der Waals surface area contributed by atoms with E-state index in [2.05, 4.69) is 22.1 Å². The molecule has 1 N–H and O–H groups in total. The summed E-state index contributed by atoms with van der Waals surface area (Å²) in [5, 5.41) is 5.38. The molecule has 0 unspecified atom stereocenters. The van der Waals surface area contributed by atoms with Crippen LogP contribution in [0.2, 0.25) is 5.02 Å². The third-order valence-electron chi connectivity index (χ3n) is 4.68. The molecule has 0 amide bonds. The van der Waals surface area contributed by atoms with Gasteiger partial charge in [-0.05, 0) is 73.8 Å². The number of aromatic nitrogens is 1. The average Bonchev–Trinajstić information content (AvgIpc) is 2.95. The summed E-state index contributed by atoms with van der Waals surface area (Å²) in [6, 6.07) is 12.7. The first kappa shape index (κ1) is 17.3. The monoisotopic (exact) mass is 364 g/mol. The molecule has 4 rings (SSSR count). The molecule has 1 aromatic heterocycles. The Kier molecular flexibility index (Phi) is 5.14. The van der Waals surface area contributed by atoms with Gasteiger partial charge in [-0.3, -0.25) is 0 Å². The van der Waals surface area contributed by atoms with Crippen molar-refractivity contribution in [3.05, 3.63) is 65.1 Å². The second-order valence-electron chi connectivity index (χ2n) is 6.12. The zero-order valence-electron chi connectivity index (χ0n) is 13.1. The molecule has 126 valence electrons. The summed E-state index contributed by atoms with van der Waals surface area (Å²) in [4.78, 5) is 0. The zero-order chi connectivity index (χ0) is 15.8. The molecule has 0 atom stereocenters. The van der Waals surface area contributed by atoms with Gasteiger partial charge in [0, 0.05) is 22.3 Å². The van der Waals surface area contributed by atoms with Crippen LogP contribution < -0.4 is 5.32 Å². The van der Waals surface area contributed by atoms with Crippen molar-refractivity contribution in [3.8, 4) is 5.69 Å². The maximum absolute atomic E-state index is 13.2. The highest BCUT2D eigenvalue weighted by molar-refractivity contribution is 6.31. The van der Waals surface area contributed by atoms with Crippen molar-refractivity contribution in [2.75, 3.05) is 13.1 Å². The van der Waals surface area contributed by atoms with E-state index >= 15 is 0 Å². The van der Waals surface area contributed by atoms with Crippen LogP contribution in [-0.2, 0) is 0 Å². The van der Waals surface area contributed by atoms with Crippen LogP contribution in [0.3, 0.4) is 0 Å². The van der Waals surface area contributed by atoms with E-state index in [0.29, 0.717) is 5.92 Å². The molecule has 0 radical (unpaired) electrons. The van der Waals surface area contributed by atoms with Gasteiger partial charge in [-0.25, -0.2) is 4.39 Å². The Bertz CT molecular complexity index is 836. The molecule has 3 aromatic rings. The summed E-state index contributed by atoms with van der Waals surface area (Å²) in [6.45, 7) is 2.11. The van der Waals surface area contributed by atoms with Gasteiger partial charge in [-0.15, -0.1) is 12.4 Å². The minimum absolute atomic E-state index is 0. The number of halogens is 3. The highest BCUT2D eigenvalue weighted by atomic mass is 35.5. The van der Waals surface area contributed by atoms with Crippen molar-refractivity contribution < 1.29 is 4.39 Å². The molecular weight excluding hydrogens is 346 g/mol. The molecule has 1 fully saturated rings. The van der Waals surface area contributed by atoms with E-state index in [9.17, 15) is 4.39 Å². The molecule has 2 aromatic carbocycles. The highest BCUT2D eigenvalue weighted by Crippen LogP contribution is 2.35. The fourth-order valence-corrected chi connectivity index (χ4v) is 3.67. The van der Waals surface area contributed by atoms with Crippen LogP contribution in [-0.4, -0.2) is 17.7 Å². The van der Waals surface area contributed by atoms with E-state index in [1.54, 1.807) is 0 Å². The van der Waals surface area contributed by atoms with Crippen molar-refractivity contribution in [2.45, 2.75) is 18.8 Å². The van der Waals surface area contributed by atoms with Crippen molar-refractivity contribution in [1.29, 1.82) is 0 Å². The van der Waals surface area contributed by atoms with Crippen molar-refractivity contribution >= 4 is 34.9 Å². The number of fused-ring (bicyclic) bond motifs is 1. The van der Waals surface area contributed by atoms with Crippen molar-refractivity contribution in [2.24, 2.45) is 0 Å². The van der Waals surface area contributed by atoms with Crippen LogP contribution in [0.4, 0.5) is 4.39 Å². The normalized spacial score (nSPS) is 15.4. The van der Waals surface area contributed by atoms with E-state index < -0.39 is 0 Å². The molecule has 2 heterocycles. The molecule has 0 bridgehead atoms. The lowest BCUT2D eigenvalue weighted by molar-refractivity contribution is 0.462. The smallest absolute Gasteiger partial charge is 0.123 e. The Hall–Kier alpha value is -1.55. The molecule has 0 saturated carbocycles. The van der Waals surface area contributed by atoms with E-state index in [4.69, 9.17) is 11.6 Å². The lowest BCUT2D eigenvalue weighted by Gasteiger charge is -2.22. The standard InChI is InChI=1S/C19H18ClFN2.ClH/c20-14-1-6-17-18(13-7-9-22-10-8-13)12-23(19(17)11-14)16-4-2-15(21)3-5-16;/h1-6,11-13,22H,7-10H2;1H. The van der Waals surface area contributed by atoms with Gasteiger partial charge in [0.25, 0.3) is 0 Å². The second-order valence-corrected chi connectivity index (χ2v) is 6.55. The first-order chi connectivity index (χ1) is 11.2. The molecule has 1 saturated heterocycles. The predicted octanol–water partition coefficient (Wildman–Crippen LogP) is 5.31. The number of hydrogen-bond donors (Lipinski definition) is 1. The Labute approximate surface area is 152 Å². The molecule has 0 aliphatic carbocycles. The fraction of sp³-hybridized carbons (Fsp3) is 0.263. The van der Waals surface area contributed by atoms with Crippen molar-refractivity contribution in [3.63, 3.8) is 0 Å². The maximum atomic E-state index is 13.2. The third kappa shape index (κ3) is 3.16. The lowest BCUT2D eigenvalue weighted by atomic mass is 9.90. The van der Waals surface area contributed by atoms with Gasteiger partial charge in [-0.2, -0.15) is 0 Å². The fourth-order valence-electron chi connectivity index (χ4n) is 3.50. The Morgan fingerprint density at radius 3 is 2.46 bits per heavy atom. The van der Waals surface area contributed by atoms with Crippen LogP contribution in [0.5, 0.6) is 0 Å². The van der Waals surface area contributed by atoms with E-state index in [1.165, 1.54) is 23.1 Å². The molecule has 1 aliphatic rings. The topological polar surface area (TPSA) is 17.0 Å². The quantitative estimate of drug-likeness (QED) is 0.651. The summed E-state index contributed by atoms with van der Waals surface area (Å²) >= 11 is 6.22. The molecular formula is C19H19Cl2FN2. The van der Waals surface area contributed by atoms with Crippen LogP contribution in [0.25, 0.3) is 16.6 Å². The Morgan fingerprint density at radius 2 is 1.75 bits per heavy atom. The molecule has 1 aliphatic heterocycles. The van der Waals surface area contributed by atoms with Gasteiger partial charge in [0.1, 0.15) is 5.82 Å². The summed E-state index contributed by atoms with van der Waals surface area (Å²) < 4.78 is 15.4. The lowest BCUT2D eigenvalue weighted by Crippen LogP contribution is -2.26. The predicted molar refractivity (Wildman–Crippen MR) is 100 cm³/mol. The number of piperidine rings is 1. The van der Waals surface area contributed by atoms with Crippen molar-refractivity contribution in [1.82, 2.24) is 9.88 Å². The number of rotatable bonds is 2. The number of nitrogens with zero attached hydrogens (tertiary/aromatic N) is 1. The van der Waals surface area contributed by atoms with Gasteiger partial charge in [0.2, 0.25) is 0 Å². The third-order valence-corrected chi connectivity index (χ3v) is 4.92. The van der Waals surface area contributed by atoms with Gasteiger partial charge in [-0.1, -0.05) is 17.7 Å². The van der Waals surface area contributed by atoms with E-state index in [1.807, 2.05) is 24.3 Å². The molecule has 2 nitrogen and oxygen atoms in total. The van der Waals surface area contributed by atoms with Gasteiger partial charge >= 0.3 is 0 Å². The minimum atomic E-state index is -0.221. The second kappa shape index (κ2) is 7.14. The van der Waals surface area contributed by atoms with Crippen LogP contribution in [0, 0.1) is 5.82 Å². The summed E-state index contributed by atoms with van der Waals surface area (Å²) in [5.41, 5.74) is 3.40. The highest BCUT2D eigenvalue weighted by Gasteiger charge is 2.20. The maximum Gasteiger partial charge on any atom is 0.123 e. The number of nitrogens with one attached hydrogen (secondary N) is 1. The summed E-state index contributed by atoms with van der Waals surface area (Å²) in [6.07, 6.45) is 4.49. The number of hydrogen-bond acceptors (Lipinski definition) is 1. The first-order valence-electron chi connectivity index (χ1n) is 7.99. The van der Waals surface area contributed by atoms with Gasteiger partial charge < -0.3 is 9.88 Å². The largest absolute Gasteiger partial charge is 0.317 e. The summed E-state index contributed by atoms with van der Waals surface area (Å²) in [7, 11) is 0. The van der Waals surface area contributed by atoms with Gasteiger partial charge in [0.05, 0.1) is 5.52 Å². The summed E-state index contributed by atoms with van der Waals surface area (Å²) in [5.74, 6) is 0.337. The zero-order valence-corrected chi connectivity index (χ0v) is 14.7. The van der Waals surface area contributed by atoms with Crippen LogP contribution >= 0.6 is 24.0 Å². The molecule has 5 heteroatoms. The van der Waals surface area contributed by atoms with E-state index in [-0.39, 0.29) is 18.2 Å². The first-order valence-corrected chi connectivity index (χ1v) is 8.37. The van der Waals surface area contributed by atoms with Gasteiger partial charge in [0.15, 0.2) is 0 Å². The molecule has 24 heavy (non-hydrogen) atoms. The van der Waals surface area contributed by atoms with Crippen LogP contribution in [0.15, 0.2) is 48.7 Å². The average molecular weight is 365 g/mol. The SMILES string of the molecule is Cl.Fc1ccc(-n2cc(C3CCNCC3)c3ccc(Cl)cc32)cc1. The minimum Gasteiger partial charge on any atom is -0.317 e. The Balaban J connectivity index is 0.00000169. The molecule has 0 spiro atoms.